The normalized spacial score (nSPS) is 12.6. The van der Waals surface area contributed by atoms with Crippen molar-refractivity contribution in [1.29, 1.82) is 0 Å². The summed E-state index contributed by atoms with van der Waals surface area (Å²) in [5.74, 6) is 0.279. The maximum absolute atomic E-state index is 10.9. The van der Waals surface area contributed by atoms with E-state index in [1.807, 2.05) is 0 Å². The molecule has 0 aromatic carbocycles. The molecule has 0 fully saturated rings. The smallest absolute Gasteiger partial charge is 0.322 e. The Morgan fingerprint density at radius 1 is 1.73 bits per heavy atom. The second-order valence-electron chi connectivity index (χ2n) is 2.12. The van der Waals surface area contributed by atoms with Crippen LogP contribution in [0.1, 0.15) is 13.8 Å². The fourth-order valence-electron chi connectivity index (χ4n) is 0.622. The largest absolute Gasteiger partial charge is 0.465 e. The molecule has 0 rings (SSSR count). The molecule has 4 heteroatoms. The summed E-state index contributed by atoms with van der Waals surface area (Å²) < 4.78 is 4.76. The van der Waals surface area contributed by atoms with Crippen molar-refractivity contribution in [2.75, 3.05) is 19.0 Å². The zero-order chi connectivity index (χ0) is 8.69. The molecule has 0 amide bonds. The molecule has 1 unspecified atom stereocenters. The van der Waals surface area contributed by atoms with Gasteiger partial charge in [0.25, 0.3) is 0 Å². The topological polar surface area (TPSA) is 38.3 Å². The molecule has 0 saturated heterocycles. The van der Waals surface area contributed by atoms with Gasteiger partial charge in [0.15, 0.2) is 0 Å². The zero-order valence-electron chi connectivity index (χ0n) is 6.89. The first-order valence-electron chi connectivity index (χ1n) is 3.68. The molecule has 1 N–H and O–H groups in total. The Kier molecular flexibility index (Phi) is 6.27. The highest BCUT2D eigenvalue weighted by Gasteiger charge is 2.11. The van der Waals surface area contributed by atoms with E-state index in [4.69, 9.17) is 16.3 Å². The number of nitrogens with one attached hydrogen (secondary N) is 1. The van der Waals surface area contributed by atoms with Gasteiger partial charge in [-0.1, -0.05) is 0 Å². The highest BCUT2D eigenvalue weighted by molar-refractivity contribution is 6.18. The summed E-state index contributed by atoms with van der Waals surface area (Å²) in [6, 6.07) is -0.256. The fraction of sp³-hybridized carbons (Fsp3) is 0.857. The molecule has 0 aromatic heterocycles. The minimum atomic E-state index is -0.256. The SMILES string of the molecule is CCOC(=O)C(C)NCCCl. The van der Waals surface area contributed by atoms with Crippen molar-refractivity contribution in [2.45, 2.75) is 19.9 Å². The molecule has 0 aliphatic rings. The van der Waals surface area contributed by atoms with Gasteiger partial charge in [-0.05, 0) is 13.8 Å². The van der Waals surface area contributed by atoms with Gasteiger partial charge in [0.05, 0.1) is 6.61 Å². The summed E-state index contributed by atoms with van der Waals surface area (Å²) >= 11 is 5.41. The fourth-order valence-corrected chi connectivity index (χ4v) is 0.731. The van der Waals surface area contributed by atoms with E-state index in [-0.39, 0.29) is 12.0 Å². The summed E-state index contributed by atoms with van der Waals surface area (Å²) in [6.45, 7) is 4.59. The predicted molar refractivity (Wildman–Crippen MR) is 44.8 cm³/mol. The summed E-state index contributed by atoms with van der Waals surface area (Å²) in [7, 11) is 0. The van der Waals surface area contributed by atoms with Gasteiger partial charge < -0.3 is 10.1 Å². The lowest BCUT2D eigenvalue weighted by Crippen LogP contribution is -2.36. The molecular weight excluding hydrogens is 166 g/mol. The zero-order valence-corrected chi connectivity index (χ0v) is 7.65. The predicted octanol–water partition coefficient (Wildman–Crippen LogP) is 0.766. The minimum Gasteiger partial charge on any atom is -0.465 e. The third kappa shape index (κ3) is 5.04. The monoisotopic (exact) mass is 179 g/mol. The lowest BCUT2D eigenvalue weighted by atomic mass is 10.3. The van der Waals surface area contributed by atoms with Crippen molar-refractivity contribution < 1.29 is 9.53 Å². The van der Waals surface area contributed by atoms with E-state index in [1.54, 1.807) is 13.8 Å². The van der Waals surface area contributed by atoms with Crippen LogP contribution in [-0.2, 0) is 9.53 Å². The van der Waals surface area contributed by atoms with Crippen molar-refractivity contribution in [2.24, 2.45) is 0 Å². The van der Waals surface area contributed by atoms with Gasteiger partial charge in [0, 0.05) is 12.4 Å². The van der Waals surface area contributed by atoms with Crippen molar-refractivity contribution in [3.8, 4) is 0 Å². The quantitative estimate of drug-likeness (QED) is 0.501. The highest BCUT2D eigenvalue weighted by Crippen LogP contribution is 1.87. The molecule has 0 aliphatic heterocycles. The highest BCUT2D eigenvalue weighted by atomic mass is 35.5. The van der Waals surface area contributed by atoms with Crippen molar-refractivity contribution in [1.82, 2.24) is 5.32 Å². The Morgan fingerprint density at radius 2 is 2.36 bits per heavy atom. The first-order valence-corrected chi connectivity index (χ1v) is 4.21. The molecule has 1 atom stereocenters. The van der Waals surface area contributed by atoms with Crippen LogP contribution in [0.15, 0.2) is 0 Å². The van der Waals surface area contributed by atoms with E-state index in [2.05, 4.69) is 5.32 Å². The summed E-state index contributed by atoms with van der Waals surface area (Å²) in [5.41, 5.74) is 0. The van der Waals surface area contributed by atoms with Crippen LogP contribution in [0.5, 0.6) is 0 Å². The Labute approximate surface area is 72.1 Å². The molecule has 0 aliphatic carbocycles. The number of rotatable bonds is 5. The third-order valence-corrected chi connectivity index (χ3v) is 1.37. The van der Waals surface area contributed by atoms with Crippen LogP contribution >= 0.6 is 11.6 Å². The molecule has 0 spiro atoms. The summed E-state index contributed by atoms with van der Waals surface area (Å²) in [4.78, 5) is 10.9. The van der Waals surface area contributed by atoms with Crippen molar-refractivity contribution in [3.63, 3.8) is 0 Å². The average molecular weight is 180 g/mol. The number of carbonyl (C=O) groups is 1. The molecule has 0 aromatic rings. The molecule has 0 bridgehead atoms. The van der Waals surface area contributed by atoms with Crippen LogP contribution in [0.25, 0.3) is 0 Å². The van der Waals surface area contributed by atoms with E-state index in [1.165, 1.54) is 0 Å². The van der Waals surface area contributed by atoms with Gasteiger partial charge in [-0.3, -0.25) is 4.79 Å². The van der Waals surface area contributed by atoms with E-state index in [9.17, 15) is 4.79 Å². The number of halogens is 1. The van der Waals surface area contributed by atoms with Crippen LogP contribution in [0.4, 0.5) is 0 Å². The van der Waals surface area contributed by atoms with Crippen LogP contribution in [0.3, 0.4) is 0 Å². The van der Waals surface area contributed by atoms with E-state index >= 15 is 0 Å². The van der Waals surface area contributed by atoms with Crippen molar-refractivity contribution >= 4 is 17.6 Å². The van der Waals surface area contributed by atoms with Gasteiger partial charge in [-0.25, -0.2) is 0 Å². The Balaban J connectivity index is 3.46. The van der Waals surface area contributed by atoms with E-state index in [0.717, 1.165) is 0 Å². The standard InChI is InChI=1S/C7H14ClNO2/c1-3-11-7(10)6(2)9-5-4-8/h6,9H,3-5H2,1-2H3. The van der Waals surface area contributed by atoms with Gasteiger partial charge in [-0.2, -0.15) is 0 Å². The lowest BCUT2D eigenvalue weighted by Gasteiger charge is -2.10. The Morgan fingerprint density at radius 3 is 2.82 bits per heavy atom. The van der Waals surface area contributed by atoms with Crippen LogP contribution in [0, 0.1) is 0 Å². The molecule has 66 valence electrons. The molecule has 0 radical (unpaired) electrons. The van der Waals surface area contributed by atoms with Crippen LogP contribution < -0.4 is 5.32 Å². The average Bonchev–Trinajstić information content (AvgIpc) is 2.00. The molecule has 3 nitrogen and oxygen atoms in total. The van der Waals surface area contributed by atoms with Gasteiger partial charge in [-0.15, -0.1) is 11.6 Å². The van der Waals surface area contributed by atoms with E-state index in [0.29, 0.717) is 19.0 Å². The Hall–Kier alpha value is -0.280. The number of alkyl halides is 1. The first-order chi connectivity index (χ1) is 5.22. The Bertz CT molecular complexity index is 119. The number of hydrogen-bond acceptors (Lipinski definition) is 3. The molecule has 0 heterocycles. The lowest BCUT2D eigenvalue weighted by molar-refractivity contribution is -0.145. The second kappa shape index (κ2) is 6.43. The summed E-state index contributed by atoms with van der Waals surface area (Å²) in [6.07, 6.45) is 0. The number of ether oxygens (including phenoxy) is 1. The molecule has 0 saturated carbocycles. The van der Waals surface area contributed by atoms with Gasteiger partial charge in [0.1, 0.15) is 6.04 Å². The van der Waals surface area contributed by atoms with Gasteiger partial charge >= 0.3 is 5.97 Å². The summed E-state index contributed by atoms with van der Waals surface area (Å²) in [5, 5.41) is 2.91. The number of carbonyl (C=O) groups excluding carboxylic acids is 1. The van der Waals surface area contributed by atoms with Crippen LogP contribution in [0.2, 0.25) is 0 Å². The number of hydrogen-bond donors (Lipinski definition) is 1. The maximum Gasteiger partial charge on any atom is 0.322 e. The minimum absolute atomic E-state index is 0.224. The molecular formula is C7H14ClNO2. The van der Waals surface area contributed by atoms with Crippen LogP contribution in [-0.4, -0.2) is 31.0 Å². The van der Waals surface area contributed by atoms with Gasteiger partial charge in [0.2, 0.25) is 0 Å². The first kappa shape index (κ1) is 10.7. The third-order valence-electron chi connectivity index (χ3n) is 1.19. The molecule has 11 heavy (non-hydrogen) atoms. The van der Waals surface area contributed by atoms with E-state index < -0.39 is 0 Å². The number of esters is 1. The second-order valence-corrected chi connectivity index (χ2v) is 2.49. The maximum atomic E-state index is 10.9. The van der Waals surface area contributed by atoms with Crippen molar-refractivity contribution in [3.05, 3.63) is 0 Å².